The van der Waals surface area contributed by atoms with Gasteiger partial charge in [0, 0.05) is 25.2 Å². The molecule has 1 aliphatic heterocycles. The highest BCUT2D eigenvalue weighted by atomic mass is 35.5. The Labute approximate surface area is 126 Å². The molecule has 1 aliphatic rings. The first-order valence-electron chi connectivity index (χ1n) is 7.31. The normalized spacial score (nSPS) is 20.2. The summed E-state index contributed by atoms with van der Waals surface area (Å²) in [6.07, 6.45) is 1.68. The van der Waals surface area contributed by atoms with Gasteiger partial charge in [-0.05, 0) is 51.3 Å². The zero-order valence-electron chi connectivity index (χ0n) is 12.6. The van der Waals surface area contributed by atoms with Crippen LogP contribution in [-0.2, 0) is 6.54 Å². The number of aliphatic hydroxyl groups is 1. The molecular weight excluding hydrogens is 272 g/mol. The van der Waals surface area contributed by atoms with E-state index in [-0.39, 0.29) is 11.6 Å². The molecule has 0 bridgehead atoms. The van der Waals surface area contributed by atoms with Crippen molar-refractivity contribution in [3.05, 3.63) is 28.8 Å². The Kier molecular flexibility index (Phi) is 4.95. The minimum atomic E-state index is -0.234. The molecule has 0 aromatic heterocycles. The Balaban J connectivity index is 2.05. The minimum Gasteiger partial charge on any atom is -0.391 e. The van der Waals surface area contributed by atoms with Gasteiger partial charge in [-0.25, -0.2) is 0 Å². The number of hydrogen-bond donors (Lipinski definition) is 2. The first kappa shape index (κ1) is 15.6. The van der Waals surface area contributed by atoms with Crippen LogP contribution in [0.5, 0.6) is 0 Å². The topological polar surface area (TPSA) is 35.5 Å². The highest BCUT2D eigenvalue weighted by Crippen LogP contribution is 2.29. The number of aliphatic hydroxyl groups excluding tert-OH is 1. The molecule has 3 nitrogen and oxygen atoms in total. The van der Waals surface area contributed by atoms with Gasteiger partial charge in [0.2, 0.25) is 0 Å². The van der Waals surface area contributed by atoms with Gasteiger partial charge in [-0.3, -0.25) is 0 Å². The van der Waals surface area contributed by atoms with Gasteiger partial charge in [-0.1, -0.05) is 17.7 Å². The van der Waals surface area contributed by atoms with Crippen LogP contribution in [0.25, 0.3) is 0 Å². The molecule has 0 saturated carbocycles. The quantitative estimate of drug-likeness (QED) is 0.899. The van der Waals surface area contributed by atoms with E-state index in [1.807, 2.05) is 6.07 Å². The minimum absolute atomic E-state index is 0.0993. The van der Waals surface area contributed by atoms with Gasteiger partial charge in [0.25, 0.3) is 0 Å². The molecule has 20 heavy (non-hydrogen) atoms. The van der Waals surface area contributed by atoms with E-state index >= 15 is 0 Å². The molecular formula is C16H25ClN2O. The van der Waals surface area contributed by atoms with E-state index in [4.69, 9.17) is 11.6 Å². The Bertz CT molecular complexity index is 456. The third-order valence-electron chi connectivity index (χ3n) is 3.57. The number of nitrogens with zero attached hydrogens (tertiary/aromatic N) is 1. The van der Waals surface area contributed by atoms with Crippen LogP contribution in [0.15, 0.2) is 18.2 Å². The molecule has 1 saturated heterocycles. The van der Waals surface area contributed by atoms with Crippen LogP contribution in [0.4, 0.5) is 5.69 Å². The highest BCUT2D eigenvalue weighted by Gasteiger charge is 2.19. The van der Waals surface area contributed by atoms with Crippen LogP contribution in [0.3, 0.4) is 0 Å². The first-order valence-corrected chi connectivity index (χ1v) is 7.69. The molecule has 1 fully saturated rings. The number of rotatable bonds is 3. The summed E-state index contributed by atoms with van der Waals surface area (Å²) in [5.41, 5.74) is 2.32. The number of anilines is 1. The van der Waals surface area contributed by atoms with E-state index in [1.165, 1.54) is 5.56 Å². The van der Waals surface area contributed by atoms with E-state index in [2.05, 4.69) is 43.1 Å². The van der Waals surface area contributed by atoms with Gasteiger partial charge in [-0.2, -0.15) is 0 Å². The number of halogens is 1. The van der Waals surface area contributed by atoms with Gasteiger partial charge in [0.05, 0.1) is 16.8 Å². The van der Waals surface area contributed by atoms with Crippen molar-refractivity contribution in [1.29, 1.82) is 0 Å². The van der Waals surface area contributed by atoms with Gasteiger partial charge >= 0.3 is 0 Å². The summed E-state index contributed by atoms with van der Waals surface area (Å²) >= 11 is 6.41. The fraction of sp³-hybridized carbons (Fsp3) is 0.625. The maximum absolute atomic E-state index is 9.77. The van der Waals surface area contributed by atoms with Crippen molar-refractivity contribution in [2.45, 2.75) is 51.8 Å². The Morgan fingerprint density at radius 3 is 2.75 bits per heavy atom. The van der Waals surface area contributed by atoms with Crippen molar-refractivity contribution in [2.24, 2.45) is 0 Å². The molecule has 1 aromatic rings. The van der Waals surface area contributed by atoms with E-state index in [9.17, 15) is 5.11 Å². The molecule has 0 amide bonds. The lowest BCUT2D eigenvalue weighted by molar-refractivity contribution is 0.154. The molecule has 2 N–H and O–H groups in total. The van der Waals surface area contributed by atoms with Gasteiger partial charge in [-0.15, -0.1) is 0 Å². The second-order valence-corrected chi connectivity index (χ2v) is 7.04. The monoisotopic (exact) mass is 296 g/mol. The van der Waals surface area contributed by atoms with Crippen LogP contribution >= 0.6 is 11.6 Å². The van der Waals surface area contributed by atoms with Crippen LogP contribution in [0.1, 0.15) is 39.2 Å². The van der Waals surface area contributed by atoms with Crippen molar-refractivity contribution in [2.75, 3.05) is 18.0 Å². The summed E-state index contributed by atoms with van der Waals surface area (Å²) in [6.45, 7) is 8.91. The molecule has 0 radical (unpaired) electrons. The van der Waals surface area contributed by atoms with Gasteiger partial charge < -0.3 is 15.3 Å². The third kappa shape index (κ3) is 4.37. The number of β-amino-alcohol motifs (C(OH)–C–C–N with tert-alkyl or cyclic N) is 1. The van der Waals surface area contributed by atoms with Crippen LogP contribution < -0.4 is 10.2 Å². The van der Waals surface area contributed by atoms with Crippen molar-refractivity contribution in [1.82, 2.24) is 5.32 Å². The largest absolute Gasteiger partial charge is 0.391 e. The lowest BCUT2D eigenvalue weighted by Crippen LogP contribution is -2.38. The summed E-state index contributed by atoms with van der Waals surface area (Å²) in [5.74, 6) is 0. The lowest BCUT2D eigenvalue weighted by Gasteiger charge is -2.32. The molecule has 1 unspecified atom stereocenters. The van der Waals surface area contributed by atoms with Crippen molar-refractivity contribution >= 4 is 17.3 Å². The second-order valence-electron chi connectivity index (χ2n) is 6.63. The van der Waals surface area contributed by atoms with E-state index in [1.54, 1.807) is 0 Å². The number of hydrogen-bond acceptors (Lipinski definition) is 3. The number of nitrogens with one attached hydrogen (secondary N) is 1. The Morgan fingerprint density at radius 2 is 2.15 bits per heavy atom. The zero-order chi connectivity index (χ0) is 14.8. The molecule has 1 atom stereocenters. The Morgan fingerprint density at radius 1 is 1.40 bits per heavy atom. The second kappa shape index (κ2) is 6.33. The number of piperidine rings is 1. The zero-order valence-corrected chi connectivity index (χ0v) is 13.4. The van der Waals surface area contributed by atoms with E-state index in [0.717, 1.165) is 36.6 Å². The predicted octanol–water partition coefficient (Wildman–Crippen LogP) is 3.19. The van der Waals surface area contributed by atoms with Crippen molar-refractivity contribution in [3.63, 3.8) is 0 Å². The van der Waals surface area contributed by atoms with E-state index in [0.29, 0.717) is 6.54 Å². The molecule has 0 aliphatic carbocycles. The average Bonchev–Trinajstić information content (AvgIpc) is 2.35. The van der Waals surface area contributed by atoms with Crippen molar-refractivity contribution in [3.8, 4) is 0 Å². The summed E-state index contributed by atoms with van der Waals surface area (Å²) in [7, 11) is 0. The average molecular weight is 297 g/mol. The predicted molar refractivity (Wildman–Crippen MR) is 85.5 cm³/mol. The van der Waals surface area contributed by atoms with E-state index < -0.39 is 0 Å². The molecule has 1 heterocycles. The first-order chi connectivity index (χ1) is 9.35. The van der Waals surface area contributed by atoms with Gasteiger partial charge in [0.1, 0.15) is 0 Å². The Hall–Kier alpha value is -0.770. The molecule has 4 heteroatoms. The third-order valence-corrected chi connectivity index (χ3v) is 3.87. The highest BCUT2D eigenvalue weighted by molar-refractivity contribution is 6.33. The molecule has 0 spiro atoms. The number of benzene rings is 1. The SMILES string of the molecule is CC(C)(C)NCc1ccc(N2CCCC(O)C2)c(Cl)c1. The summed E-state index contributed by atoms with van der Waals surface area (Å²) in [5, 5.41) is 14.0. The summed E-state index contributed by atoms with van der Waals surface area (Å²) in [6, 6.07) is 6.21. The van der Waals surface area contributed by atoms with Crippen LogP contribution in [0, 0.1) is 0 Å². The fourth-order valence-electron chi connectivity index (χ4n) is 2.46. The molecule has 2 rings (SSSR count). The van der Waals surface area contributed by atoms with Gasteiger partial charge in [0.15, 0.2) is 0 Å². The maximum Gasteiger partial charge on any atom is 0.0715 e. The van der Waals surface area contributed by atoms with Crippen LogP contribution in [-0.4, -0.2) is 29.8 Å². The fourth-order valence-corrected chi connectivity index (χ4v) is 2.78. The standard InChI is InChI=1S/C16H25ClN2O/c1-16(2,3)18-10-12-6-7-15(14(17)9-12)19-8-4-5-13(20)11-19/h6-7,9,13,18,20H,4-5,8,10-11H2,1-3H3. The smallest absolute Gasteiger partial charge is 0.0715 e. The maximum atomic E-state index is 9.77. The lowest BCUT2D eigenvalue weighted by atomic mass is 10.1. The molecule has 112 valence electrons. The molecule has 1 aromatic carbocycles. The van der Waals surface area contributed by atoms with Crippen molar-refractivity contribution < 1.29 is 5.11 Å². The van der Waals surface area contributed by atoms with Crippen LogP contribution in [0.2, 0.25) is 5.02 Å². The summed E-state index contributed by atoms with van der Waals surface area (Å²) < 4.78 is 0. The summed E-state index contributed by atoms with van der Waals surface area (Å²) in [4.78, 5) is 2.18.